The van der Waals surface area contributed by atoms with Crippen LogP contribution < -0.4 is 4.74 Å². The van der Waals surface area contributed by atoms with Crippen LogP contribution in [-0.2, 0) is 4.74 Å². The van der Waals surface area contributed by atoms with E-state index in [0.29, 0.717) is 0 Å². The van der Waals surface area contributed by atoms with Crippen LogP contribution in [0.25, 0.3) is 0 Å². The van der Waals surface area contributed by atoms with Gasteiger partial charge in [0.15, 0.2) is 24.2 Å². The molecule has 154 valence electrons. The first kappa shape index (κ1) is 22.0. The van der Waals surface area contributed by atoms with Crippen molar-refractivity contribution in [3.05, 3.63) is 29.6 Å². The highest BCUT2D eigenvalue weighted by atomic mass is 19.2. The maximum absolute atomic E-state index is 12.5. The highest BCUT2D eigenvalue weighted by Gasteiger charge is 2.30. The van der Waals surface area contributed by atoms with Crippen molar-refractivity contribution in [3.63, 3.8) is 0 Å². The molecular formula is C21H30F4O2. The molecular weight excluding hydrogens is 360 g/mol. The summed E-state index contributed by atoms with van der Waals surface area (Å²) in [4.78, 5) is 0. The van der Waals surface area contributed by atoms with Gasteiger partial charge in [-0.05, 0) is 68.4 Å². The predicted molar refractivity (Wildman–Crippen MR) is 96.8 cm³/mol. The molecule has 0 bridgehead atoms. The molecule has 0 heterocycles. The SMILES string of the molecule is CC1CCC(C2CCC(OCF)CC2)CC1.COc1ccc(F)c(F)c1F. The molecule has 0 N–H and O–H groups in total. The average molecular weight is 390 g/mol. The van der Waals surface area contributed by atoms with Gasteiger partial charge in [-0.2, -0.15) is 4.39 Å². The van der Waals surface area contributed by atoms with E-state index in [1.807, 2.05) is 0 Å². The normalized spacial score (nSPS) is 28.2. The average Bonchev–Trinajstić information content (AvgIpc) is 2.68. The van der Waals surface area contributed by atoms with Gasteiger partial charge in [0.1, 0.15) is 0 Å². The largest absolute Gasteiger partial charge is 0.494 e. The van der Waals surface area contributed by atoms with Crippen LogP contribution in [0.1, 0.15) is 58.3 Å². The van der Waals surface area contributed by atoms with E-state index < -0.39 is 24.3 Å². The summed E-state index contributed by atoms with van der Waals surface area (Å²) in [5.41, 5.74) is 0. The third kappa shape index (κ3) is 6.37. The Morgan fingerprint density at radius 2 is 1.41 bits per heavy atom. The van der Waals surface area contributed by atoms with Crippen LogP contribution in [0.5, 0.6) is 5.75 Å². The quantitative estimate of drug-likeness (QED) is 0.436. The van der Waals surface area contributed by atoms with Crippen molar-refractivity contribution in [2.75, 3.05) is 14.0 Å². The molecule has 2 aliphatic rings. The Balaban J connectivity index is 0.000000208. The minimum atomic E-state index is -1.51. The third-order valence-corrected chi connectivity index (χ3v) is 5.96. The second-order valence-electron chi connectivity index (χ2n) is 7.71. The molecule has 3 rings (SSSR count). The van der Waals surface area contributed by atoms with E-state index in [1.165, 1.54) is 45.6 Å². The predicted octanol–water partition coefficient (Wildman–Crippen LogP) is 6.43. The molecule has 2 saturated carbocycles. The van der Waals surface area contributed by atoms with E-state index in [0.717, 1.165) is 42.7 Å². The first-order chi connectivity index (χ1) is 13.0. The van der Waals surface area contributed by atoms with E-state index in [1.54, 1.807) is 0 Å². The van der Waals surface area contributed by atoms with Crippen molar-refractivity contribution in [1.82, 2.24) is 0 Å². The smallest absolute Gasteiger partial charge is 0.203 e. The molecule has 0 aromatic heterocycles. The van der Waals surface area contributed by atoms with Crippen LogP contribution in [0.2, 0.25) is 0 Å². The van der Waals surface area contributed by atoms with Crippen molar-refractivity contribution in [2.24, 2.45) is 17.8 Å². The van der Waals surface area contributed by atoms with Crippen LogP contribution >= 0.6 is 0 Å². The van der Waals surface area contributed by atoms with Gasteiger partial charge < -0.3 is 9.47 Å². The fraction of sp³-hybridized carbons (Fsp3) is 0.714. The minimum Gasteiger partial charge on any atom is -0.494 e. The molecule has 2 aliphatic carbocycles. The monoisotopic (exact) mass is 390 g/mol. The zero-order chi connectivity index (χ0) is 19.8. The molecule has 27 heavy (non-hydrogen) atoms. The summed E-state index contributed by atoms with van der Waals surface area (Å²) in [5.74, 6) is -1.51. The summed E-state index contributed by atoms with van der Waals surface area (Å²) in [6.45, 7) is 1.78. The fourth-order valence-electron chi connectivity index (χ4n) is 4.24. The van der Waals surface area contributed by atoms with Crippen LogP contribution in [0, 0.1) is 35.2 Å². The lowest BCUT2D eigenvalue weighted by Gasteiger charge is -2.36. The molecule has 2 fully saturated rings. The van der Waals surface area contributed by atoms with Gasteiger partial charge in [-0.3, -0.25) is 0 Å². The fourth-order valence-corrected chi connectivity index (χ4v) is 4.24. The van der Waals surface area contributed by atoms with Gasteiger partial charge in [-0.1, -0.05) is 19.8 Å². The van der Waals surface area contributed by atoms with E-state index in [2.05, 4.69) is 11.7 Å². The molecule has 0 aliphatic heterocycles. The third-order valence-electron chi connectivity index (χ3n) is 5.96. The van der Waals surface area contributed by atoms with Crippen molar-refractivity contribution in [1.29, 1.82) is 0 Å². The molecule has 0 atom stereocenters. The summed E-state index contributed by atoms with van der Waals surface area (Å²) in [5, 5.41) is 0. The first-order valence-corrected chi connectivity index (χ1v) is 9.81. The molecule has 6 heteroatoms. The van der Waals surface area contributed by atoms with Crippen LogP contribution in [0.3, 0.4) is 0 Å². The standard InChI is InChI=1S/C14H25FO.C7H5F3O/c1-11-2-4-12(5-3-11)13-6-8-14(9-7-13)16-10-15;1-11-5-3-2-4(8)6(9)7(5)10/h11-14H,2-10H2,1H3;2-3H,1H3. The minimum absolute atomic E-state index is 0.212. The number of methoxy groups -OCH3 is 1. The summed E-state index contributed by atoms with van der Waals surface area (Å²) in [6.07, 6.45) is 10.6. The van der Waals surface area contributed by atoms with Crippen LogP contribution in [0.15, 0.2) is 12.1 Å². The molecule has 0 amide bonds. The summed E-state index contributed by atoms with van der Waals surface area (Å²) in [7, 11) is 1.18. The van der Waals surface area contributed by atoms with Gasteiger partial charge in [0.05, 0.1) is 13.2 Å². The molecule has 0 saturated heterocycles. The van der Waals surface area contributed by atoms with E-state index >= 15 is 0 Å². The number of hydrogen-bond acceptors (Lipinski definition) is 2. The van der Waals surface area contributed by atoms with Crippen molar-refractivity contribution >= 4 is 0 Å². The molecule has 1 aromatic carbocycles. The summed E-state index contributed by atoms with van der Waals surface area (Å²) < 4.78 is 58.6. The Labute approximate surface area is 159 Å². The number of halogens is 4. The molecule has 0 spiro atoms. The lowest BCUT2D eigenvalue weighted by Crippen LogP contribution is -2.28. The number of alkyl halides is 1. The summed E-state index contributed by atoms with van der Waals surface area (Å²) >= 11 is 0. The number of ether oxygens (including phenoxy) is 2. The van der Waals surface area contributed by atoms with Crippen molar-refractivity contribution in [3.8, 4) is 5.75 Å². The Kier molecular flexibility index (Phi) is 8.87. The van der Waals surface area contributed by atoms with Gasteiger partial charge in [-0.25, -0.2) is 13.2 Å². The van der Waals surface area contributed by atoms with Crippen LogP contribution in [0.4, 0.5) is 17.6 Å². The number of rotatable bonds is 4. The molecule has 1 aromatic rings. The van der Waals surface area contributed by atoms with Crippen LogP contribution in [-0.4, -0.2) is 20.1 Å². The highest BCUT2D eigenvalue weighted by Crippen LogP contribution is 2.40. The van der Waals surface area contributed by atoms with E-state index in [4.69, 9.17) is 4.74 Å². The Morgan fingerprint density at radius 3 is 1.93 bits per heavy atom. The van der Waals surface area contributed by atoms with Gasteiger partial charge in [0.2, 0.25) is 5.82 Å². The van der Waals surface area contributed by atoms with E-state index in [9.17, 15) is 17.6 Å². The van der Waals surface area contributed by atoms with Crippen molar-refractivity contribution < 1.29 is 27.0 Å². The highest BCUT2D eigenvalue weighted by molar-refractivity contribution is 5.25. The molecule has 2 nitrogen and oxygen atoms in total. The summed E-state index contributed by atoms with van der Waals surface area (Å²) in [6, 6.07) is 1.82. The lowest BCUT2D eigenvalue weighted by molar-refractivity contribution is -0.0345. The molecule has 0 radical (unpaired) electrons. The van der Waals surface area contributed by atoms with Gasteiger partial charge >= 0.3 is 0 Å². The maximum atomic E-state index is 12.5. The van der Waals surface area contributed by atoms with Gasteiger partial charge in [0.25, 0.3) is 0 Å². The Hall–Kier alpha value is -1.30. The first-order valence-electron chi connectivity index (χ1n) is 9.81. The Morgan fingerprint density at radius 1 is 0.852 bits per heavy atom. The zero-order valence-corrected chi connectivity index (χ0v) is 16.2. The second kappa shape index (κ2) is 10.9. The number of benzene rings is 1. The number of hydrogen-bond donors (Lipinski definition) is 0. The second-order valence-corrected chi connectivity index (χ2v) is 7.71. The van der Waals surface area contributed by atoms with Gasteiger partial charge in [0, 0.05) is 0 Å². The van der Waals surface area contributed by atoms with E-state index in [-0.39, 0.29) is 11.9 Å². The maximum Gasteiger partial charge on any atom is 0.203 e. The topological polar surface area (TPSA) is 18.5 Å². The lowest BCUT2D eigenvalue weighted by atomic mass is 9.71. The zero-order valence-electron chi connectivity index (χ0n) is 16.2. The Bertz CT molecular complexity index is 566. The van der Waals surface area contributed by atoms with Gasteiger partial charge in [-0.15, -0.1) is 0 Å². The molecule has 0 unspecified atom stereocenters. The van der Waals surface area contributed by atoms with Crippen molar-refractivity contribution in [2.45, 2.75) is 64.4 Å².